The van der Waals surface area contributed by atoms with Crippen LogP contribution in [0.1, 0.15) is 25.1 Å². The van der Waals surface area contributed by atoms with Gasteiger partial charge in [-0.05, 0) is 49.8 Å². The van der Waals surface area contributed by atoms with Crippen molar-refractivity contribution in [2.75, 3.05) is 7.11 Å². The van der Waals surface area contributed by atoms with Crippen LogP contribution in [0, 0.1) is 0 Å². The Morgan fingerprint density at radius 1 is 1.17 bits per heavy atom. The Kier molecular flexibility index (Phi) is 5.01. The predicted molar refractivity (Wildman–Crippen MR) is 88.5 cm³/mol. The third-order valence-corrected chi connectivity index (χ3v) is 3.20. The van der Waals surface area contributed by atoms with Gasteiger partial charge in [0.15, 0.2) is 17.1 Å². The Morgan fingerprint density at radius 2 is 1.96 bits per heavy atom. The van der Waals surface area contributed by atoms with Crippen LogP contribution in [0.25, 0.3) is 12.2 Å². The first-order valence-electron chi connectivity index (χ1n) is 7.12. The van der Waals surface area contributed by atoms with Crippen molar-refractivity contribution in [1.82, 2.24) is 4.98 Å². The van der Waals surface area contributed by atoms with E-state index in [2.05, 4.69) is 4.98 Å². The number of carboxylic acids is 1. The maximum absolute atomic E-state index is 11.2. The van der Waals surface area contributed by atoms with Crippen LogP contribution in [0.15, 0.2) is 42.6 Å². The molecule has 0 bridgehead atoms. The fourth-order valence-electron chi connectivity index (χ4n) is 1.85. The second-order valence-corrected chi connectivity index (χ2v) is 5.42. The molecule has 0 atom stereocenters. The Bertz CT molecular complexity index is 708. The highest BCUT2D eigenvalue weighted by molar-refractivity contribution is 5.77. The smallest absolute Gasteiger partial charge is 0.347 e. The van der Waals surface area contributed by atoms with E-state index in [1.807, 2.05) is 36.4 Å². The van der Waals surface area contributed by atoms with Crippen LogP contribution in [0.4, 0.5) is 0 Å². The number of carboxylic acid groups (broad SMARTS) is 1. The minimum absolute atomic E-state index is 0.384. The van der Waals surface area contributed by atoms with Gasteiger partial charge in [0, 0.05) is 6.20 Å². The lowest BCUT2D eigenvalue weighted by molar-refractivity contribution is -0.152. The van der Waals surface area contributed by atoms with Crippen molar-refractivity contribution in [3.8, 4) is 11.5 Å². The van der Waals surface area contributed by atoms with Gasteiger partial charge in [-0.3, -0.25) is 4.98 Å². The minimum atomic E-state index is -1.33. The Hall–Kier alpha value is -2.82. The van der Waals surface area contributed by atoms with E-state index >= 15 is 0 Å². The molecular weight excluding hydrogens is 294 g/mol. The first kappa shape index (κ1) is 16.5. The Labute approximate surface area is 135 Å². The first-order valence-corrected chi connectivity index (χ1v) is 7.12. The van der Waals surface area contributed by atoms with E-state index in [0.717, 1.165) is 11.3 Å². The van der Waals surface area contributed by atoms with Crippen molar-refractivity contribution in [2.24, 2.45) is 0 Å². The molecule has 23 heavy (non-hydrogen) atoms. The summed E-state index contributed by atoms with van der Waals surface area (Å²) in [6.45, 7) is 2.98. The summed E-state index contributed by atoms with van der Waals surface area (Å²) in [5.41, 5.74) is 0.408. The molecular formula is C18H19NO4. The normalized spacial score (nSPS) is 11.4. The minimum Gasteiger partial charge on any atom is -0.493 e. The molecule has 0 radical (unpaired) electrons. The van der Waals surface area contributed by atoms with Gasteiger partial charge in [-0.1, -0.05) is 18.2 Å². The number of benzene rings is 1. The van der Waals surface area contributed by atoms with Gasteiger partial charge in [0.1, 0.15) is 0 Å². The van der Waals surface area contributed by atoms with Gasteiger partial charge in [0.05, 0.1) is 12.8 Å². The first-order chi connectivity index (χ1) is 10.9. The molecule has 0 amide bonds. The van der Waals surface area contributed by atoms with Crippen molar-refractivity contribution in [1.29, 1.82) is 0 Å². The highest BCUT2D eigenvalue weighted by Gasteiger charge is 2.30. The number of aliphatic carboxylic acids is 1. The van der Waals surface area contributed by atoms with Gasteiger partial charge in [-0.2, -0.15) is 0 Å². The quantitative estimate of drug-likeness (QED) is 0.884. The van der Waals surface area contributed by atoms with E-state index in [1.54, 1.807) is 18.3 Å². The van der Waals surface area contributed by atoms with Gasteiger partial charge in [0.2, 0.25) is 0 Å². The second kappa shape index (κ2) is 6.96. The summed E-state index contributed by atoms with van der Waals surface area (Å²) >= 11 is 0. The fourth-order valence-corrected chi connectivity index (χ4v) is 1.85. The number of hydrogen-bond donors (Lipinski definition) is 1. The second-order valence-electron chi connectivity index (χ2n) is 5.42. The van der Waals surface area contributed by atoms with Crippen molar-refractivity contribution >= 4 is 18.1 Å². The molecule has 0 fully saturated rings. The molecule has 120 valence electrons. The van der Waals surface area contributed by atoms with E-state index in [-0.39, 0.29) is 0 Å². The summed E-state index contributed by atoms with van der Waals surface area (Å²) in [4.78, 5) is 15.4. The van der Waals surface area contributed by atoms with Gasteiger partial charge in [-0.25, -0.2) is 4.79 Å². The number of pyridine rings is 1. The molecule has 2 aromatic rings. The Morgan fingerprint density at radius 3 is 2.57 bits per heavy atom. The number of hydrogen-bond acceptors (Lipinski definition) is 4. The number of ether oxygens (including phenoxy) is 2. The maximum atomic E-state index is 11.2. The van der Waals surface area contributed by atoms with Crippen LogP contribution in [-0.2, 0) is 4.79 Å². The third-order valence-electron chi connectivity index (χ3n) is 3.20. The van der Waals surface area contributed by atoms with Crippen LogP contribution in [-0.4, -0.2) is 28.8 Å². The maximum Gasteiger partial charge on any atom is 0.347 e. The summed E-state index contributed by atoms with van der Waals surface area (Å²) in [7, 11) is 1.52. The molecule has 1 aromatic carbocycles. The van der Waals surface area contributed by atoms with Crippen molar-refractivity contribution in [3.05, 3.63) is 53.9 Å². The van der Waals surface area contributed by atoms with Crippen LogP contribution in [0.5, 0.6) is 11.5 Å². The fraction of sp³-hybridized carbons (Fsp3) is 0.222. The number of methoxy groups -OCH3 is 1. The molecule has 5 heteroatoms. The van der Waals surface area contributed by atoms with Crippen LogP contribution >= 0.6 is 0 Å². The largest absolute Gasteiger partial charge is 0.493 e. The zero-order chi connectivity index (χ0) is 16.9. The van der Waals surface area contributed by atoms with Crippen molar-refractivity contribution in [3.63, 3.8) is 0 Å². The number of rotatable bonds is 6. The molecule has 0 aliphatic rings. The highest BCUT2D eigenvalue weighted by Crippen LogP contribution is 2.31. The molecule has 0 aliphatic carbocycles. The molecule has 0 aliphatic heterocycles. The van der Waals surface area contributed by atoms with Crippen LogP contribution in [0.2, 0.25) is 0 Å². The SMILES string of the molecule is COc1cc(/C=C/c2ccccn2)ccc1OC(C)(C)C(=O)O. The van der Waals surface area contributed by atoms with Gasteiger partial charge in [-0.15, -0.1) is 0 Å². The lowest BCUT2D eigenvalue weighted by atomic mass is 10.1. The molecule has 5 nitrogen and oxygen atoms in total. The molecule has 2 rings (SSSR count). The number of carbonyl (C=O) groups is 1. The zero-order valence-corrected chi connectivity index (χ0v) is 13.3. The van der Waals surface area contributed by atoms with Gasteiger partial charge >= 0.3 is 5.97 Å². The summed E-state index contributed by atoms with van der Waals surface area (Å²) in [6.07, 6.45) is 5.51. The Balaban J connectivity index is 2.23. The average Bonchev–Trinajstić information content (AvgIpc) is 2.54. The van der Waals surface area contributed by atoms with E-state index in [1.165, 1.54) is 21.0 Å². The summed E-state index contributed by atoms with van der Waals surface area (Å²) in [5, 5.41) is 9.15. The molecule has 0 saturated carbocycles. The van der Waals surface area contributed by atoms with Gasteiger partial charge in [0.25, 0.3) is 0 Å². The molecule has 0 unspecified atom stereocenters. The number of aromatic nitrogens is 1. The lowest BCUT2D eigenvalue weighted by Gasteiger charge is -2.23. The van der Waals surface area contributed by atoms with Crippen molar-refractivity contribution in [2.45, 2.75) is 19.4 Å². The topological polar surface area (TPSA) is 68.7 Å². The van der Waals surface area contributed by atoms with E-state index in [9.17, 15) is 4.79 Å². The summed E-state index contributed by atoms with van der Waals surface area (Å²) in [6, 6.07) is 11.0. The standard InChI is InChI=1S/C18H19NO4/c1-18(2,17(20)21)23-15-10-8-13(12-16(15)22-3)7-9-14-6-4-5-11-19-14/h4-12H,1-3H3,(H,20,21)/b9-7+. The van der Waals surface area contributed by atoms with E-state index in [4.69, 9.17) is 14.6 Å². The third kappa shape index (κ3) is 4.32. The molecule has 0 saturated heterocycles. The van der Waals surface area contributed by atoms with Gasteiger partial charge < -0.3 is 14.6 Å². The summed E-state index contributed by atoms with van der Waals surface area (Å²) in [5.74, 6) is -0.184. The number of nitrogens with zero attached hydrogens (tertiary/aromatic N) is 1. The lowest BCUT2D eigenvalue weighted by Crippen LogP contribution is -2.37. The zero-order valence-electron chi connectivity index (χ0n) is 13.3. The van der Waals surface area contributed by atoms with Crippen LogP contribution in [0.3, 0.4) is 0 Å². The average molecular weight is 313 g/mol. The summed E-state index contributed by atoms with van der Waals surface area (Å²) < 4.78 is 10.8. The van der Waals surface area contributed by atoms with E-state index < -0.39 is 11.6 Å². The predicted octanol–water partition coefficient (Wildman–Crippen LogP) is 3.50. The molecule has 1 heterocycles. The monoisotopic (exact) mass is 313 g/mol. The molecule has 1 N–H and O–H groups in total. The van der Waals surface area contributed by atoms with Crippen LogP contribution < -0.4 is 9.47 Å². The molecule has 1 aromatic heterocycles. The van der Waals surface area contributed by atoms with Crippen molar-refractivity contribution < 1.29 is 19.4 Å². The van der Waals surface area contributed by atoms with E-state index in [0.29, 0.717) is 11.5 Å². The molecule has 0 spiro atoms. The highest BCUT2D eigenvalue weighted by atomic mass is 16.5.